The number of hydrogen-bond donors (Lipinski definition) is 0. The van der Waals surface area contributed by atoms with Gasteiger partial charge in [0.1, 0.15) is 18.1 Å². The zero-order valence-electron chi connectivity index (χ0n) is 12.3. The number of aromatic nitrogens is 5. The van der Waals surface area contributed by atoms with E-state index in [1.54, 1.807) is 19.6 Å². The summed E-state index contributed by atoms with van der Waals surface area (Å²) < 4.78 is 9.24. The van der Waals surface area contributed by atoms with Crippen LogP contribution < -0.4 is 4.74 Å². The summed E-state index contributed by atoms with van der Waals surface area (Å²) in [4.78, 5) is 0. The van der Waals surface area contributed by atoms with Crippen LogP contribution in [0.5, 0.6) is 5.75 Å². The molecule has 0 amide bonds. The lowest BCUT2D eigenvalue weighted by atomic mass is 10.2. The van der Waals surface area contributed by atoms with Crippen molar-refractivity contribution in [1.82, 2.24) is 24.5 Å². The van der Waals surface area contributed by atoms with Crippen LogP contribution in [0.3, 0.4) is 0 Å². The second-order valence-electron chi connectivity index (χ2n) is 4.90. The monoisotopic (exact) mass is 283 g/mol. The van der Waals surface area contributed by atoms with Crippen molar-refractivity contribution < 1.29 is 4.74 Å². The van der Waals surface area contributed by atoms with E-state index in [1.807, 2.05) is 47.5 Å². The third kappa shape index (κ3) is 2.40. The van der Waals surface area contributed by atoms with Crippen molar-refractivity contribution in [2.45, 2.75) is 19.9 Å². The first-order valence-corrected chi connectivity index (χ1v) is 6.74. The Hall–Kier alpha value is -2.63. The normalized spacial score (nSPS) is 12.3. The highest BCUT2D eigenvalue weighted by molar-refractivity contribution is 5.49. The fourth-order valence-corrected chi connectivity index (χ4v) is 2.33. The molecule has 1 unspecified atom stereocenters. The van der Waals surface area contributed by atoms with Crippen LogP contribution in [-0.2, 0) is 0 Å². The third-order valence-electron chi connectivity index (χ3n) is 3.46. The van der Waals surface area contributed by atoms with Crippen molar-refractivity contribution in [3.8, 4) is 11.4 Å². The standard InChI is InChI=1S/C15H17N5O/c1-11-5-6-14(21-3)13(9-11)19-10-16-18-15(19)12(2)20-8-4-7-17-20/h4-10,12H,1-3H3. The maximum atomic E-state index is 5.45. The fraction of sp³-hybridized carbons (Fsp3) is 0.267. The summed E-state index contributed by atoms with van der Waals surface area (Å²) in [6.45, 7) is 4.08. The molecular weight excluding hydrogens is 266 g/mol. The molecule has 3 rings (SSSR count). The van der Waals surface area contributed by atoms with E-state index >= 15 is 0 Å². The highest BCUT2D eigenvalue weighted by atomic mass is 16.5. The molecule has 1 atom stereocenters. The molecule has 1 aromatic carbocycles. The van der Waals surface area contributed by atoms with Gasteiger partial charge in [0.2, 0.25) is 0 Å². The van der Waals surface area contributed by atoms with Crippen LogP contribution in [-0.4, -0.2) is 31.7 Å². The molecule has 6 heteroatoms. The molecule has 0 radical (unpaired) electrons. The summed E-state index contributed by atoms with van der Waals surface area (Å²) in [6.07, 6.45) is 5.37. The number of nitrogens with zero attached hydrogens (tertiary/aromatic N) is 5. The van der Waals surface area contributed by atoms with Crippen molar-refractivity contribution in [3.63, 3.8) is 0 Å². The van der Waals surface area contributed by atoms with Gasteiger partial charge < -0.3 is 4.74 Å². The van der Waals surface area contributed by atoms with Gasteiger partial charge in [-0.05, 0) is 37.6 Å². The maximum absolute atomic E-state index is 5.45. The van der Waals surface area contributed by atoms with E-state index in [9.17, 15) is 0 Å². The highest BCUT2D eigenvalue weighted by Crippen LogP contribution is 2.27. The van der Waals surface area contributed by atoms with Crippen LogP contribution in [0, 0.1) is 6.92 Å². The second kappa shape index (κ2) is 5.40. The van der Waals surface area contributed by atoms with E-state index < -0.39 is 0 Å². The molecule has 21 heavy (non-hydrogen) atoms. The smallest absolute Gasteiger partial charge is 0.162 e. The van der Waals surface area contributed by atoms with Gasteiger partial charge in [-0.1, -0.05) is 6.07 Å². The molecule has 0 bridgehead atoms. The zero-order valence-corrected chi connectivity index (χ0v) is 12.3. The quantitative estimate of drug-likeness (QED) is 0.737. The molecular formula is C15H17N5O. The summed E-state index contributed by atoms with van der Waals surface area (Å²) in [5, 5.41) is 12.6. The van der Waals surface area contributed by atoms with Gasteiger partial charge in [-0.2, -0.15) is 5.10 Å². The van der Waals surface area contributed by atoms with Gasteiger partial charge in [-0.25, -0.2) is 0 Å². The molecule has 0 aliphatic carbocycles. The lowest BCUT2D eigenvalue weighted by Crippen LogP contribution is -2.13. The predicted molar refractivity (Wildman–Crippen MR) is 78.7 cm³/mol. The maximum Gasteiger partial charge on any atom is 0.162 e. The van der Waals surface area contributed by atoms with Crippen LogP contribution in [0.1, 0.15) is 24.4 Å². The molecule has 0 aliphatic rings. The van der Waals surface area contributed by atoms with Crippen LogP contribution in [0.4, 0.5) is 0 Å². The van der Waals surface area contributed by atoms with Gasteiger partial charge in [0.25, 0.3) is 0 Å². The Labute approximate surface area is 123 Å². The van der Waals surface area contributed by atoms with Crippen molar-refractivity contribution in [1.29, 1.82) is 0 Å². The lowest BCUT2D eigenvalue weighted by Gasteiger charge is -2.16. The number of hydrogen-bond acceptors (Lipinski definition) is 4. The molecule has 2 aromatic heterocycles. The average Bonchev–Trinajstić information content (AvgIpc) is 3.18. The van der Waals surface area contributed by atoms with Gasteiger partial charge in [0, 0.05) is 12.4 Å². The highest BCUT2D eigenvalue weighted by Gasteiger charge is 2.18. The Morgan fingerprint density at radius 1 is 1.29 bits per heavy atom. The van der Waals surface area contributed by atoms with Gasteiger partial charge in [0.05, 0.1) is 12.8 Å². The minimum Gasteiger partial charge on any atom is -0.495 e. The van der Waals surface area contributed by atoms with Gasteiger partial charge in [-0.15, -0.1) is 10.2 Å². The summed E-state index contributed by atoms with van der Waals surface area (Å²) in [7, 11) is 1.66. The molecule has 0 fully saturated rings. The zero-order chi connectivity index (χ0) is 14.8. The Bertz CT molecular complexity index is 732. The molecule has 0 spiro atoms. The first kappa shape index (κ1) is 13.4. The van der Waals surface area contributed by atoms with Crippen LogP contribution in [0.15, 0.2) is 43.0 Å². The van der Waals surface area contributed by atoms with Crippen LogP contribution in [0.2, 0.25) is 0 Å². The van der Waals surface area contributed by atoms with Crippen molar-refractivity contribution in [2.24, 2.45) is 0 Å². The van der Waals surface area contributed by atoms with Gasteiger partial charge in [-0.3, -0.25) is 9.25 Å². The van der Waals surface area contributed by atoms with E-state index in [-0.39, 0.29) is 6.04 Å². The molecule has 3 aromatic rings. The third-order valence-corrected chi connectivity index (χ3v) is 3.46. The summed E-state index contributed by atoms with van der Waals surface area (Å²) in [5.41, 5.74) is 2.08. The Morgan fingerprint density at radius 3 is 2.86 bits per heavy atom. The number of benzene rings is 1. The average molecular weight is 283 g/mol. The Balaban J connectivity index is 2.09. The first-order valence-electron chi connectivity index (χ1n) is 6.74. The van der Waals surface area contributed by atoms with E-state index in [1.165, 1.54) is 0 Å². The Kier molecular flexibility index (Phi) is 3.43. The summed E-state index contributed by atoms with van der Waals surface area (Å²) >= 11 is 0. The molecule has 6 nitrogen and oxygen atoms in total. The van der Waals surface area contributed by atoms with E-state index in [0.717, 1.165) is 22.8 Å². The molecule has 0 saturated heterocycles. The second-order valence-corrected chi connectivity index (χ2v) is 4.90. The molecule has 108 valence electrons. The topological polar surface area (TPSA) is 57.8 Å². The molecule has 0 aliphatic heterocycles. The summed E-state index contributed by atoms with van der Waals surface area (Å²) in [6, 6.07) is 7.90. The number of ether oxygens (including phenoxy) is 1. The largest absolute Gasteiger partial charge is 0.495 e. The van der Waals surface area contributed by atoms with E-state index in [0.29, 0.717) is 0 Å². The lowest BCUT2D eigenvalue weighted by molar-refractivity contribution is 0.411. The van der Waals surface area contributed by atoms with E-state index in [4.69, 9.17) is 4.74 Å². The van der Waals surface area contributed by atoms with Gasteiger partial charge >= 0.3 is 0 Å². The SMILES string of the molecule is COc1ccc(C)cc1-n1cnnc1C(C)n1cccn1. The molecule has 0 saturated carbocycles. The number of aryl methyl sites for hydroxylation is 1. The van der Waals surface area contributed by atoms with Crippen molar-refractivity contribution in [3.05, 3.63) is 54.4 Å². The van der Waals surface area contributed by atoms with Gasteiger partial charge in [0.15, 0.2) is 5.82 Å². The molecule has 0 N–H and O–H groups in total. The van der Waals surface area contributed by atoms with Crippen LogP contribution in [0.25, 0.3) is 5.69 Å². The number of methoxy groups -OCH3 is 1. The minimum atomic E-state index is -0.0206. The number of rotatable bonds is 4. The van der Waals surface area contributed by atoms with Crippen molar-refractivity contribution >= 4 is 0 Å². The van der Waals surface area contributed by atoms with E-state index in [2.05, 4.69) is 21.4 Å². The Morgan fingerprint density at radius 2 is 2.14 bits per heavy atom. The first-order chi connectivity index (χ1) is 10.2. The van der Waals surface area contributed by atoms with Crippen LogP contribution >= 0.6 is 0 Å². The summed E-state index contributed by atoms with van der Waals surface area (Å²) in [5.74, 6) is 1.59. The van der Waals surface area contributed by atoms with Crippen molar-refractivity contribution in [2.75, 3.05) is 7.11 Å². The predicted octanol–water partition coefficient (Wildman–Crippen LogP) is 2.39. The fourth-order valence-electron chi connectivity index (χ4n) is 2.33. The molecule has 2 heterocycles. The minimum absolute atomic E-state index is 0.0206.